The molecule has 0 saturated carbocycles. The summed E-state index contributed by atoms with van der Waals surface area (Å²) in [6.45, 7) is 1.98. The number of hydrogen-bond acceptors (Lipinski definition) is 5. The summed E-state index contributed by atoms with van der Waals surface area (Å²) in [7, 11) is 0. The molecule has 1 atom stereocenters. The van der Waals surface area contributed by atoms with Crippen molar-refractivity contribution in [3.63, 3.8) is 0 Å². The van der Waals surface area contributed by atoms with E-state index in [0.29, 0.717) is 22.7 Å². The van der Waals surface area contributed by atoms with E-state index < -0.39 is 0 Å². The number of fused-ring (bicyclic) bond motifs is 1. The maximum atomic E-state index is 13.6. The molecular weight excluding hydrogens is 331 g/mol. The summed E-state index contributed by atoms with van der Waals surface area (Å²) in [6, 6.07) is 13.8. The minimum absolute atomic E-state index is 0.120. The molecule has 130 valence electrons. The number of nitrogens with zero attached hydrogens (tertiary/aromatic N) is 4. The van der Waals surface area contributed by atoms with Crippen molar-refractivity contribution in [3.8, 4) is 0 Å². The SMILES string of the molecule is CC(c1cccc(F)c1)n1cnc2c(Nc3cccc(N)c3)ncnc21. The highest BCUT2D eigenvalue weighted by molar-refractivity contribution is 5.85. The van der Waals surface area contributed by atoms with Gasteiger partial charge in [0, 0.05) is 11.4 Å². The highest BCUT2D eigenvalue weighted by atomic mass is 19.1. The Balaban J connectivity index is 1.73. The fraction of sp³-hybridized carbons (Fsp3) is 0.105. The molecule has 7 heteroatoms. The summed E-state index contributed by atoms with van der Waals surface area (Å²) in [5.41, 5.74) is 9.45. The first-order valence-corrected chi connectivity index (χ1v) is 8.17. The van der Waals surface area contributed by atoms with Crippen molar-refractivity contribution in [2.45, 2.75) is 13.0 Å². The Kier molecular flexibility index (Phi) is 3.96. The van der Waals surface area contributed by atoms with Crippen LogP contribution in [0.3, 0.4) is 0 Å². The number of nitrogens with one attached hydrogen (secondary N) is 1. The first-order chi connectivity index (χ1) is 12.6. The predicted octanol–water partition coefficient (Wildman–Crippen LogP) is 3.90. The molecule has 0 amide bonds. The Hall–Kier alpha value is -3.48. The van der Waals surface area contributed by atoms with Crippen LogP contribution in [0.4, 0.5) is 21.6 Å². The number of hydrogen-bond donors (Lipinski definition) is 2. The Labute approximate surface area is 149 Å². The van der Waals surface area contributed by atoms with Gasteiger partial charge in [-0.25, -0.2) is 19.3 Å². The molecule has 1 unspecified atom stereocenters. The van der Waals surface area contributed by atoms with Crippen LogP contribution in [0.2, 0.25) is 0 Å². The highest BCUT2D eigenvalue weighted by Crippen LogP contribution is 2.27. The van der Waals surface area contributed by atoms with Gasteiger partial charge in [-0.05, 0) is 42.8 Å². The van der Waals surface area contributed by atoms with Gasteiger partial charge in [-0.1, -0.05) is 18.2 Å². The highest BCUT2D eigenvalue weighted by Gasteiger charge is 2.16. The number of rotatable bonds is 4. The second-order valence-electron chi connectivity index (χ2n) is 6.03. The molecular formula is C19H17FN6. The van der Waals surface area contributed by atoms with E-state index in [1.54, 1.807) is 12.4 Å². The third-order valence-electron chi connectivity index (χ3n) is 4.26. The van der Waals surface area contributed by atoms with Crippen LogP contribution < -0.4 is 11.1 Å². The van der Waals surface area contributed by atoms with Crippen LogP contribution in [0.5, 0.6) is 0 Å². The lowest BCUT2D eigenvalue weighted by atomic mass is 10.1. The van der Waals surface area contributed by atoms with Crippen molar-refractivity contribution in [2.75, 3.05) is 11.1 Å². The average molecular weight is 348 g/mol. The predicted molar refractivity (Wildman–Crippen MR) is 99.7 cm³/mol. The van der Waals surface area contributed by atoms with E-state index in [1.165, 1.54) is 18.5 Å². The minimum atomic E-state index is -0.266. The second-order valence-corrected chi connectivity index (χ2v) is 6.03. The molecule has 3 N–H and O–H groups in total. The number of anilines is 3. The van der Waals surface area contributed by atoms with Crippen molar-refractivity contribution in [1.29, 1.82) is 0 Å². The third-order valence-corrected chi connectivity index (χ3v) is 4.26. The molecule has 0 fully saturated rings. The second kappa shape index (κ2) is 6.44. The van der Waals surface area contributed by atoms with E-state index in [4.69, 9.17) is 5.73 Å². The lowest BCUT2D eigenvalue weighted by Crippen LogP contribution is -2.07. The number of nitrogen functional groups attached to an aromatic ring is 1. The van der Waals surface area contributed by atoms with Crippen LogP contribution >= 0.6 is 0 Å². The number of aromatic nitrogens is 4. The molecule has 0 spiro atoms. The van der Waals surface area contributed by atoms with Gasteiger partial charge in [0.25, 0.3) is 0 Å². The molecule has 0 bridgehead atoms. The van der Waals surface area contributed by atoms with Gasteiger partial charge in [0.05, 0.1) is 12.4 Å². The largest absolute Gasteiger partial charge is 0.399 e. The zero-order chi connectivity index (χ0) is 18.1. The smallest absolute Gasteiger partial charge is 0.166 e. The Bertz CT molecular complexity index is 1070. The van der Waals surface area contributed by atoms with Crippen LogP contribution in [0, 0.1) is 5.82 Å². The van der Waals surface area contributed by atoms with Gasteiger partial charge in [0.1, 0.15) is 12.1 Å². The fourth-order valence-electron chi connectivity index (χ4n) is 2.91. The van der Waals surface area contributed by atoms with Crippen molar-refractivity contribution < 1.29 is 4.39 Å². The number of nitrogens with two attached hydrogens (primary N) is 1. The minimum Gasteiger partial charge on any atom is -0.399 e. The first kappa shape index (κ1) is 16.0. The van der Waals surface area contributed by atoms with Crippen LogP contribution in [0.1, 0.15) is 18.5 Å². The van der Waals surface area contributed by atoms with Gasteiger partial charge < -0.3 is 15.6 Å². The topological polar surface area (TPSA) is 81.7 Å². The van der Waals surface area contributed by atoms with E-state index in [1.807, 2.05) is 41.8 Å². The lowest BCUT2D eigenvalue weighted by molar-refractivity contribution is 0.608. The molecule has 0 aliphatic rings. The van der Waals surface area contributed by atoms with Crippen molar-refractivity contribution in [2.24, 2.45) is 0 Å². The van der Waals surface area contributed by atoms with E-state index in [9.17, 15) is 4.39 Å². The summed E-state index contributed by atoms with van der Waals surface area (Å²) in [5, 5.41) is 3.22. The van der Waals surface area contributed by atoms with Crippen molar-refractivity contribution in [1.82, 2.24) is 19.5 Å². The molecule has 2 heterocycles. The summed E-state index contributed by atoms with van der Waals surface area (Å²) < 4.78 is 15.5. The van der Waals surface area contributed by atoms with Crippen LogP contribution in [-0.2, 0) is 0 Å². The first-order valence-electron chi connectivity index (χ1n) is 8.17. The molecule has 2 aromatic carbocycles. The third kappa shape index (κ3) is 2.95. The zero-order valence-corrected chi connectivity index (χ0v) is 14.1. The summed E-state index contributed by atoms with van der Waals surface area (Å²) in [5.74, 6) is 0.322. The molecule has 26 heavy (non-hydrogen) atoms. The fourth-order valence-corrected chi connectivity index (χ4v) is 2.91. The Morgan fingerprint density at radius 1 is 1.08 bits per heavy atom. The van der Waals surface area contributed by atoms with Gasteiger partial charge in [-0.15, -0.1) is 0 Å². The van der Waals surface area contributed by atoms with E-state index in [2.05, 4.69) is 20.3 Å². The summed E-state index contributed by atoms with van der Waals surface area (Å²) in [6.07, 6.45) is 3.17. The monoisotopic (exact) mass is 348 g/mol. The van der Waals surface area contributed by atoms with Crippen molar-refractivity contribution in [3.05, 3.63) is 72.6 Å². The molecule has 0 saturated heterocycles. The van der Waals surface area contributed by atoms with Gasteiger partial charge in [-0.2, -0.15) is 0 Å². The Morgan fingerprint density at radius 2 is 1.92 bits per heavy atom. The molecule has 4 rings (SSSR count). The van der Waals surface area contributed by atoms with Crippen LogP contribution in [-0.4, -0.2) is 19.5 Å². The molecule has 0 aliphatic carbocycles. The van der Waals surface area contributed by atoms with E-state index in [0.717, 1.165) is 11.3 Å². The van der Waals surface area contributed by atoms with Gasteiger partial charge in [-0.3, -0.25) is 0 Å². The molecule has 0 aliphatic heterocycles. The maximum Gasteiger partial charge on any atom is 0.166 e. The van der Waals surface area contributed by atoms with Gasteiger partial charge >= 0.3 is 0 Å². The zero-order valence-electron chi connectivity index (χ0n) is 14.1. The van der Waals surface area contributed by atoms with Gasteiger partial charge in [0.2, 0.25) is 0 Å². The number of benzene rings is 2. The van der Waals surface area contributed by atoms with E-state index in [-0.39, 0.29) is 11.9 Å². The van der Waals surface area contributed by atoms with E-state index >= 15 is 0 Å². The molecule has 4 aromatic rings. The number of halogens is 1. The normalized spacial score (nSPS) is 12.2. The maximum absolute atomic E-state index is 13.6. The summed E-state index contributed by atoms with van der Waals surface area (Å²) >= 11 is 0. The van der Waals surface area contributed by atoms with Gasteiger partial charge in [0.15, 0.2) is 17.0 Å². The molecule has 0 radical (unpaired) electrons. The molecule has 2 aromatic heterocycles. The summed E-state index contributed by atoms with van der Waals surface area (Å²) in [4.78, 5) is 13.1. The number of imidazole rings is 1. The van der Waals surface area contributed by atoms with Crippen LogP contribution in [0.15, 0.2) is 61.2 Å². The quantitative estimate of drug-likeness (QED) is 0.547. The van der Waals surface area contributed by atoms with Crippen molar-refractivity contribution >= 4 is 28.4 Å². The van der Waals surface area contributed by atoms with Crippen LogP contribution in [0.25, 0.3) is 11.2 Å². The Morgan fingerprint density at radius 3 is 2.73 bits per heavy atom. The lowest BCUT2D eigenvalue weighted by Gasteiger charge is -2.14. The molecule has 6 nitrogen and oxygen atoms in total. The standard InChI is InChI=1S/C19H17FN6/c1-12(13-4-2-5-14(20)8-13)26-11-24-17-18(22-10-23-19(17)26)25-16-7-3-6-15(21)9-16/h2-12H,21H2,1H3,(H,22,23,25). The average Bonchev–Trinajstić information content (AvgIpc) is 3.06.